The number of benzene rings is 2. The highest BCUT2D eigenvalue weighted by Crippen LogP contribution is 2.47. The second-order valence-electron chi connectivity index (χ2n) is 16.6. The Morgan fingerprint density at radius 3 is 1.39 bits per heavy atom. The quantitative estimate of drug-likeness (QED) is 0.144. The third kappa shape index (κ3) is 10.4. The van der Waals surface area contributed by atoms with Crippen LogP contribution in [0.15, 0.2) is 65.1 Å². The molecule has 3 aliphatic rings. The molecule has 15 nitrogen and oxygen atoms in total. The van der Waals surface area contributed by atoms with Crippen molar-refractivity contribution in [3.63, 3.8) is 0 Å². The number of nitrogens with zero attached hydrogens (tertiary/aromatic N) is 3. The zero-order valence-electron chi connectivity index (χ0n) is 36.0. The summed E-state index contributed by atoms with van der Waals surface area (Å²) in [6.45, 7) is 8.17. The molecule has 0 spiro atoms. The van der Waals surface area contributed by atoms with E-state index in [4.69, 9.17) is 9.47 Å². The maximum atomic E-state index is 13.6. The fourth-order valence-electron chi connectivity index (χ4n) is 8.70. The number of ether oxygens (including phenoxy) is 2. The number of hydrogen-bond acceptors (Lipinski definition) is 9. The topological polar surface area (TPSA) is 179 Å². The van der Waals surface area contributed by atoms with Crippen molar-refractivity contribution in [1.29, 1.82) is 0 Å². The molecule has 0 aromatic heterocycles. The Kier molecular flexibility index (Phi) is 15.0. The van der Waals surface area contributed by atoms with Crippen LogP contribution >= 0.6 is 15.9 Å². The monoisotopic (exact) mass is 913 g/mol. The first-order chi connectivity index (χ1) is 29.7. The number of carbonyl (C=O) groups is 6. The molecule has 2 unspecified atom stereocenters. The van der Waals surface area contributed by atoms with Gasteiger partial charge in [0.15, 0.2) is 0 Å². The summed E-state index contributed by atoms with van der Waals surface area (Å²) in [6, 6.07) is 22.9. The van der Waals surface area contributed by atoms with E-state index >= 15 is 0 Å². The summed E-state index contributed by atoms with van der Waals surface area (Å²) in [4.78, 5) is 83.6. The summed E-state index contributed by atoms with van der Waals surface area (Å²) >= 11 is 3.49. The van der Waals surface area contributed by atoms with E-state index in [9.17, 15) is 28.8 Å². The lowest BCUT2D eigenvalue weighted by Gasteiger charge is -2.32. The van der Waals surface area contributed by atoms with Gasteiger partial charge in [0.1, 0.15) is 24.2 Å². The molecule has 3 aromatic rings. The lowest BCUT2D eigenvalue weighted by Crippen LogP contribution is -2.54. The summed E-state index contributed by atoms with van der Waals surface area (Å²) < 4.78 is 10.2. The van der Waals surface area contributed by atoms with Crippen LogP contribution in [0.4, 0.5) is 26.7 Å². The molecule has 3 heterocycles. The van der Waals surface area contributed by atoms with Crippen molar-refractivity contribution in [2.75, 3.05) is 42.8 Å². The van der Waals surface area contributed by atoms with E-state index < -0.39 is 36.4 Å². The van der Waals surface area contributed by atoms with Gasteiger partial charge in [-0.3, -0.25) is 19.2 Å². The molecular weight excluding hydrogens is 858 g/mol. The Morgan fingerprint density at radius 1 is 0.613 bits per heavy atom. The summed E-state index contributed by atoms with van der Waals surface area (Å²) in [6.07, 6.45) is 2.65. The van der Waals surface area contributed by atoms with Crippen molar-refractivity contribution in [2.24, 2.45) is 11.8 Å². The number of carbonyl (C=O) groups excluding carboxylic acids is 6. The third-order valence-corrected chi connectivity index (χ3v) is 12.4. The molecule has 3 saturated heterocycles. The van der Waals surface area contributed by atoms with Crippen LogP contribution < -0.4 is 26.2 Å². The van der Waals surface area contributed by atoms with Crippen molar-refractivity contribution in [2.45, 2.75) is 102 Å². The molecule has 6 atom stereocenters. The average Bonchev–Trinajstić information content (AvgIpc) is 4.06. The number of nitrogens with one attached hydrogen (secondary N) is 4. The van der Waals surface area contributed by atoms with Gasteiger partial charge in [0.2, 0.25) is 23.6 Å². The van der Waals surface area contributed by atoms with Crippen LogP contribution in [0.1, 0.15) is 89.4 Å². The molecular formula is C46H56BrN7O8. The smallest absolute Gasteiger partial charge is 0.407 e. The molecule has 3 aliphatic heterocycles. The number of methoxy groups -OCH3 is 2. The number of halogens is 1. The van der Waals surface area contributed by atoms with Crippen LogP contribution in [-0.2, 0) is 28.7 Å². The van der Waals surface area contributed by atoms with Crippen molar-refractivity contribution in [3.05, 3.63) is 88.4 Å². The van der Waals surface area contributed by atoms with Crippen LogP contribution in [0.3, 0.4) is 0 Å². The Bertz CT molecular complexity index is 1960. The van der Waals surface area contributed by atoms with Gasteiger partial charge < -0.3 is 45.4 Å². The van der Waals surface area contributed by atoms with Gasteiger partial charge in [0.25, 0.3) is 0 Å². The number of likely N-dealkylation sites (tertiary alicyclic amines) is 2. The summed E-state index contributed by atoms with van der Waals surface area (Å²) in [5, 5.41) is 11.3. The highest BCUT2D eigenvalue weighted by atomic mass is 79.9. The van der Waals surface area contributed by atoms with Crippen molar-refractivity contribution in [3.8, 4) is 0 Å². The fourth-order valence-corrected chi connectivity index (χ4v) is 8.93. The van der Waals surface area contributed by atoms with Gasteiger partial charge in [-0.15, -0.1) is 0 Å². The predicted octanol–water partition coefficient (Wildman–Crippen LogP) is 6.75. The van der Waals surface area contributed by atoms with Gasteiger partial charge in [0, 0.05) is 24.5 Å². The lowest BCUT2D eigenvalue weighted by molar-refractivity contribution is -0.139. The fraction of sp³-hybridized carbons (Fsp3) is 0.478. The van der Waals surface area contributed by atoms with E-state index in [1.54, 1.807) is 9.80 Å². The van der Waals surface area contributed by atoms with Crippen LogP contribution in [-0.4, -0.2) is 97.1 Å². The summed E-state index contributed by atoms with van der Waals surface area (Å²) in [5.41, 5.74) is 4.19. The summed E-state index contributed by atoms with van der Waals surface area (Å²) in [5.74, 6) is -1.60. The van der Waals surface area contributed by atoms with Crippen molar-refractivity contribution >= 4 is 68.8 Å². The van der Waals surface area contributed by atoms with Crippen LogP contribution in [0.25, 0.3) is 0 Å². The largest absolute Gasteiger partial charge is 0.453 e. The van der Waals surface area contributed by atoms with E-state index in [2.05, 4.69) is 54.2 Å². The minimum Gasteiger partial charge on any atom is -0.453 e. The maximum absolute atomic E-state index is 13.6. The van der Waals surface area contributed by atoms with Crippen molar-refractivity contribution in [1.82, 2.24) is 20.4 Å². The SMILES string of the molecule is COC(=O)N[C@H](C(=O)N1CCC[C@H]1C(=O)Nc1ccc(C2CCC(c3ccc(NC(=O)[C@@H]4CCCN4C(=O)[C@@H](NC(=O)OC)C(C)C)cc3)N2c2c#cc(Br)cc2)cc1)C(C)C. The minimum atomic E-state index is -0.817. The number of rotatable bonds is 13. The first kappa shape index (κ1) is 45.7. The Morgan fingerprint density at radius 2 is 1.03 bits per heavy atom. The minimum absolute atomic E-state index is 0.0256. The third-order valence-electron chi connectivity index (χ3n) is 11.9. The molecule has 3 aromatic carbocycles. The number of amides is 6. The molecule has 6 rings (SSSR count). The highest BCUT2D eigenvalue weighted by Gasteiger charge is 2.41. The van der Waals surface area contributed by atoms with Gasteiger partial charge in [-0.25, -0.2) is 9.59 Å². The van der Waals surface area contributed by atoms with Crippen LogP contribution in [0.5, 0.6) is 0 Å². The first-order valence-electron chi connectivity index (χ1n) is 21.2. The first-order valence-corrected chi connectivity index (χ1v) is 22.0. The molecule has 330 valence electrons. The average molecular weight is 915 g/mol. The van der Waals surface area contributed by atoms with E-state index in [-0.39, 0.29) is 47.5 Å². The van der Waals surface area contributed by atoms with E-state index in [1.165, 1.54) is 14.2 Å². The number of anilines is 3. The molecule has 0 bridgehead atoms. The van der Waals surface area contributed by atoms with Gasteiger partial charge in [-0.1, -0.05) is 58.0 Å². The highest BCUT2D eigenvalue weighted by molar-refractivity contribution is 9.10. The van der Waals surface area contributed by atoms with Crippen LogP contribution in [0, 0.1) is 24.0 Å². The molecule has 0 radical (unpaired) electrons. The molecule has 0 saturated carbocycles. The van der Waals surface area contributed by atoms with Crippen LogP contribution in [0.2, 0.25) is 0 Å². The Labute approximate surface area is 371 Å². The van der Waals surface area contributed by atoms with Gasteiger partial charge in [-0.2, -0.15) is 0 Å². The zero-order chi connectivity index (χ0) is 44.7. The normalized spacial score (nSPS) is 20.6. The van der Waals surface area contributed by atoms with Crippen molar-refractivity contribution < 1.29 is 38.2 Å². The van der Waals surface area contributed by atoms with E-state index in [0.717, 1.165) is 34.1 Å². The molecule has 6 amide bonds. The van der Waals surface area contributed by atoms with Gasteiger partial charge >= 0.3 is 12.2 Å². The summed E-state index contributed by atoms with van der Waals surface area (Å²) in [7, 11) is 2.49. The molecule has 62 heavy (non-hydrogen) atoms. The van der Waals surface area contributed by atoms with Gasteiger partial charge in [-0.05, 0) is 120 Å². The molecule has 4 N–H and O–H groups in total. The standard InChI is InChI=1S/C46H56BrN7O8/c1-27(2)39(50-45(59)61-5)43(57)52-25-7-9-37(52)41(55)48-32-17-11-29(12-18-32)35-23-24-36(54(35)34-21-15-31(47)16-22-34)30-13-19-33(20-14-30)49-42(56)38-10-8-26-53(38)44(58)40(28(3)4)51-46(60)62-6/h11-15,17-21,27-28,35-40H,7-10,23-26H2,1-6H3,(H,48,55)(H,49,56)(H,50,59)(H,51,60)/t35?,36?,37-,38-,39-,40-/m0/s1. The zero-order valence-corrected chi connectivity index (χ0v) is 37.6. The second-order valence-corrected chi connectivity index (χ2v) is 17.5. The van der Waals surface area contributed by atoms with Gasteiger partial charge in [0.05, 0.1) is 36.5 Å². The molecule has 3 fully saturated rings. The Balaban J connectivity index is 1.13. The Hall–Kier alpha value is -5.82. The number of alkyl carbamates (subject to hydrolysis) is 2. The lowest BCUT2D eigenvalue weighted by atomic mass is 10.0. The number of hydrogen-bond donors (Lipinski definition) is 4. The maximum Gasteiger partial charge on any atom is 0.407 e. The molecule has 16 heteroatoms. The second kappa shape index (κ2) is 20.4. The van der Waals surface area contributed by atoms with E-state index in [0.29, 0.717) is 50.1 Å². The molecule has 0 aliphatic carbocycles. The van der Waals surface area contributed by atoms with E-state index in [1.807, 2.05) is 88.4 Å². The predicted molar refractivity (Wildman–Crippen MR) is 237 cm³/mol.